The van der Waals surface area contributed by atoms with E-state index >= 15 is 0 Å². The van der Waals surface area contributed by atoms with Crippen LogP contribution < -0.4 is 4.57 Å². The quantitative estimate of drug-likeness (QED) is 0.162. The minimum Gasteiger partial charge on any atom is -0.478 e. The zero-order valence-electron chi connectivity index (χ0n) is 19.5. The fourth-order valence-electron chi connectivity index (χ4n) is 4.55. The molecule has 194 valence electrons. The average Bonchev–Trinajstić information content (AvgIpc) is 2.81. The van der Waals surface area contributed by atoms with Gasteiger partial charge in [0.25, 0.3) is 20.2 Å². The van der Waals surface area contributed by atoms with Crippen molar-refractivity contribution in [3.63, 3.8) is 0 Å². The number of fused-ring (bicyclic) bond motifs is 2. The van der Waals surface area contributed by atoms with Crippen LogP contribution in [0.3, 0.4) is 0 Å². The van der Waals surface area contributed by atoms with Crippen LogP contribution in [-0.4, -0.2) is 42.8 Å². The number of carboxylic acids is 1. The van der Waals surface area contributed by atoms with E-state index < -0.39 is 36.9 Å². The maximum Gasteiger partial charge on any atom is 0.337 e. The number of benzene rings is 3. The van der Waals surface area contributed by atoms with Gasteiger partial charge in [-0.15, -0.1) is 0 Å². The van der Waals surface area contributed by atoms with E-state index in [9.17, 15) is 35.8 Å². The van der Waals surface area contributed by atoms with Crippen molar-refractivity contribution < 1.29 is 40.4 Å². The Morgan fingerprint density at radius 2 is 1.68 bits per heavy atom. The summed E-state index contributed by atoms with van der Waals surface area (Å²) in [7, 11) is -8.96. The number of carboxylic acid groups (broad SMARTS) is 1. The summed E-state index contributed by atoms with van der Waals surface area (Å²) in [4.78, 5) is 12.2. The molecule has 37 heavy (non-hydrogen) atoms. The Bertz CT molecular complexity index is 1780. The smallest absolute Gasteiger partial charge is 0.337 e. The number of aryl methyl sites for hydroxylation is 2. The van der Waals surface area contributed by atoms with Crippen molar-refractivity contribution in [2.75, 3.05) is 5.75 Å². The Morgan fingerprint density at radius 1 is 0.946 bits per heavy atom. The fraction of sp³-hybridized carbons (Fsp3) is 0.200. The number of rotatable bonds is 8. The van der Waals surface area contributed by atoms with E-state index in [1.165, 1.54) is 12.1 Å². The molecule has 12 heteroatoms. The van der Waals surface area contributed by atoms with Gasteiger partial charge >= 0.3 is 5.97 Å². The predicted molar refractivity (Wildman–Crippen MR) is 139 cm³/mol. The highest BCUT2D eigenvalue weighted by atomic mass is 35.5. The molecule has 0 unspecified atom stereocenters. The molecular formula is C25H23ClNO8S2+. The Labute approximate surface area is 218 Å². The highest BCUT2D eigenvalue weighted by molar-refractivity contribution is 7.86. The highest BCUT2D eigenvalue weighted by Gasteiger charge is 2.29. The molecule has 4 aromatic rings. The van der Waals surface area contributed by atoms with Crippen LogP contribution in [0.25, 0.3) is 32.9 Å². The third kappa shape index (κ3) is 5.46. The summed E-state index contributed by atoms with van der Waals surface area (Å²) >= 11 is 5.99. The number of pyridine rings is 1. The third-order valence-electron chi connectivity index (χ3n) is 6.12. The van der Waals surface area contributed by atoms with Crippen molar-refractivity contribution in [1.29, 1.82) is 0 Å². The van der Waals surface area contributed by atoms with Crippen LogP contribution >= 0.6 is 11.6 Å². The summed E-state index contributed by atoms with van der Waals surface area (Å²) < 4.78 is 68.1. The summed E-state index contributed by atoms with van der Waals surface area (Å²) in [5, 5.41) is 10.9. The number of hydrogen-bond donors (Lipinski definition) is 3. The first-order valence-corrected chi connectivity index (χ1v) is 14.6. The van der Waals surface area contributed by atoms with E-state index in [0.29, 0.717) is 22.8 Å². The van der Waals surface area contributed by atoms with Crippen molar-refractivity contribution in [1.82, 2.24) is 0 Å². The Kier molecular flexibility index (Phi) is 7.28. The first-order valence-electron chi connectivity index (χ1n) is 11.2. The molecule has 0 saturated carbocycles. The first-order chi connectivity index (χ1) is 17.3. The summed E-state index contributed by atoms with van der Waals surface area (Å²) in [6.45, 7) is 2.06. The van der Waals surface area contributed by atoms with Crippen LogP contribution in [0.5, 0.6) is 0 Å². The molecule has 0 fully saturated rings. The van der Waals surface area contributed by atoms with E-state index in [1.807, 2.05) is 13.0 Å². The number of carbonyl (C=O) groups is 1. The lowest BCUT2D eigenvalue weighted by molar-refractivity contribution is -0.645. The van der Waals surface area contributed by atoms with Crippen molar-refractivity contribution in [3.05, 3.63) is 70.7 Å². The van der Waals surface area contributed by atoms with Crippen LogP contribution in [-0.2, 0) is 33.2 Å². The van der Waals surface area contributed by atoms with Crippen molar-refractivity contribution >= 4 is 59.6 Å². The van der Waals surface area contributed by atoms with Gasteiger partial charge in [-0.25, -0.2) is 4.79 Å². The molecule has 1 aromatic heterocycles. The van der Waals surface area contributed by atoms with Gasteiger partial charge in [-0.2, -0.15) is 21.4 Å². The van der Waals surface area contributed by atoms with Crippen molar-refractivity contribution in [2.24, 2.45) is 0 Å². The zero-order valence-corrected chi connectivity index (χ0v) is 21.9. The minimum atomic E-state index is -4.73. The van der Waals surface area contributed by atoms with Gasteiger partial charge in [-0.3, -0.25) is 9.11 Å². The second kappa shape index (κ2) is 9.99. The van der Waals surface area contributed by atoms with E-state index in [4.69, 9.17) is 11.6 Å². The van der Waals surface area contributed by atoms with Gasteiger partial charge in [-0.05, 0) is 35.7 Å². The lowest BCUT2D eigenvalue weighted by atomic mass is 9.93. The molecule has 9 nitrogen and oxygen atoms in total. The van der Waals surface area contributed by atoms with Crippen LogP contribution in [0, 0.1) is 0 Å². The van der Waals surface area contributed by atoms with Gasteiger partial charge < -0.3 is 5.11 Å². The predicted octanol–water partition coefficient (Wildman–Crippen LogP) is 4.39. The molecule has 0 saturated heterocycles. The first kappa shape index (κ1) is 27.0. The average molecular weight is 565 g/mol. The SMILES string of the molecule is CCc1ccc2c(C(=O)O)c3c(-c4ccc(Cl)cc4S(=O)(=O)O)cccc3[n+](CCCS(=O)(=O)O)c2c1. The molecule has 0 radical (unpaired) electrons. The summed E-state index contributed by atoms with van der Waals surface area (Å²) in [6, 6.07) is 14.0. The number of nitrogens with zero attached hydrogens (tertiary/aromatic N) is 1. The molecule has 4 rings (SSSR count). The number of aromatic carboxylic acids is 1. The molecule has 1 heterocycles. The third-order valence-corrected chi connectivity index (χ3v) is 8.06. The van der Waals surface area contributed by atoms with Gasteiger partial charge in [-0.1, -0.05) is 42.8 Å². The minimum absolute atomic E-state index is 0.0396. The molecular weight excluding hydrogens is 542 g/mol. The second-order valence-corrected chi connectivity index (χ2v) is 11.9. The fourth-order valence-corrected chi connectivity index (χ4v) is 6.01. The largest absolute Gasteiger partial charge is 0.478 e. The zero-order chi connectivity index (χ0) is 27.1. The molecule has 0 aliphatic carbocycles. The van der Waals surface area contributed by atoms with Gasteiger partial charge in [0.1, 0.15) is 4.90 Å². The topological polar surface area (TPSA) is 150 Å². The standard InChI is InChI=1S/C25H22ClNO8S2/c1-2-15-7-9-19-21(13-15)27(11-4-12-36(30,31)32)20-6-3-5-18(23(20)24(19)25(28)29)17-10-8-16(26)14-22(17)37(33,34)35/h3,5-10,13-14H,2,4,11-12H2,1H3,(H2-,28,29,30,31,32,33,34,35)/p+1. The molecule has 0 spiro atoms. The van der Waals surface area contributed by atoms with Crippen LogP contribution in [0.4, 0.5) is 0 Å². The van der Waals surface area contributed by atoms with E-state index in [-0.39, 0.29) is 40.1 Å². The van der Waals surface area contributed by atoms with E-state index in [1.54, 1.807) is 34.9 Å². The maximum absolute atomic E-state index is 12.6. The van der Waals surface area contributed by atoms with Crippen molar-refractivity contribution in [3.8, 4) is 11.1 Å². The van der Waals surface area contributed by atoms with Gasteiger partial charge in [0, 0.05) is 29.1 Å². The maximum atomic E-state index is 12.6. The van der Waals surface area contributed by atoms with Crippen LogP contribution in [0.2, 0.25) is 5.02 Å². The van der Waals surface area contributed by atoms with Crippen LogP contribution in [0.15, 0.2) is 59.5 Å². The summed E-state index contributed by atoms with van der Waals surface area (Å²) in [6.07, 6.45) is 0.710. The van der Waals surface area contributed by atoms with Crippen molar-refractivity contribution in [2.45, 2.75) is 31.2 Å². The molecule has 0 aliphatic heterocycles. The molecule has 0 atom stereocenters. The molecule has 0 amide bonds. The highest BCUT2D eigenvalue weighted by Crippen LogP contribution is 2.37. The molecule has 0 bridgehead atoms. The molecule has 3 aromatic carbocycles. The van der Waals surface area contributed by atoms with Gasteiger partial charge in [0.05, 0.1) is 22.1 Å². The lowest BCUT2D eigenvalue weighted by Gasteiger charge is -2.15. The number of aromatic nitrogens is 1. The van der Waals surface area contributed by atoms with Gasteiger partial charge in [0.2, 0.25) is 11.0 Å². The van der Waals surface area contributed by atoms with Crippen LogP contribution in [0.1, 0.15) is 29.3 Å². The Balaban J connectivity index is 2.18. The number of halogens is 1. The normalized spacial score (nSPS) is 12.3. The lowest BCUT2D eigenvalue weighted by Crippen LogP contribution is -2.37. The van der Waals surface area contributed by atoms with Gasteiger partial charge in [0.15, 0.2) is 6.54 Å². The molecule has 0 aliphatic rings. The Morgan fingerprint density at radius 3 is 2.30 bits per heavy atom. The summed E-state index contributed by atoms with van der Waals surface area (Å²) in [5.74, 6) is -1.75. The van der Waals surface area contributed by atoms with E-state index in [2.05, 4.69) is 0 Å². The Hall–Kier alpha value is -3.09. The monoisotopic (exact) mass is 564 g/mol. The summed E-state index contributed by atoms with van der Waals surface area (Å²) in [5.41, 5.74) is 2.07. The molecule has 3 N–H and O–H groups in total. The van der Waals surface area contributed by atoms with E-state index in [0.717, 1.165) is 11.6 Å². The second-order valence-electron chi connectivity index (χ2n) is 8.49. The number of hydrogen-bond acceptors (Lipinski definition) is 5.